The van der Waals surface area contributed by atoms with E-state index >= 15 is 0 Å². The Hall–Kier alpha value is -1.49. The monoisotopic (exact) mass is 268 g/mol. The van der Waals surface area contributed by atoms with Crippen molar-refractivity contribution in [2.24, 2.45) is 11.1 Å². The summed E-state index contributed by atoms with van der Waals surface area (Å²) in [5, 5.41) is 2.37. The molecule has 1 saturated carbocycles. The number of para-hydroxylation sites is 1. The average Bonchev–Trinajstić information content (AvgIpc) is 2.43. The van der Waals surface area contributed by atoms with Crippen molar-refractivity contribution in [3.8, 4) is 0 Å². The Morgan fingerprint density at radius 2 is 1.79 bits per heavy atom. The molecule has 3 N–H and O–H groups in total. The van der Waals surface area contributed by atoms with Crippen LogP contribution in [0, 0.1) is 17.0 Å². The van der Waals surface area contributed by atoms with Gasteiger partial charge in [-0.1, -0.05) is 25.3 Å². The van der Waals surface area contributed by atoms with Gasteiger partial charge >= 0.3 is 0 Å². The van der Waals surface area contributed by atoms with Gasteiger partial charge in [0.1, 0.15) is 17.3 Å². The summed E-state index contributed by atoms with van der Waals surface area (Å²) in [6, 6.07) is 3.50. The number of hydrogen-bond acceptors (Lipinski definition) is 2. The predicted octanol–water partition coefficient (Wildman–Crippen LogP) is 2.81. The number of anilines is 1. The Morgan fingerprint density at radius 3 is 2.32 bits per heavy atom. The van der Waals surface area contributed by atoms with Gasteiger partial charge in [-0.3, -0.25) is 4.79 Å². The number of rotatable bonds is 3. The predicted molar refractivity (Wildman–Crippen MR) is 69.6 cm³/mol. The van der Waals surface area contributed by atoms with Crippen molar-refractivity contribution < 1.29 is 13.6 Å². The van der Waals surface area contributed by atoms with Crippen LogP contribution in [0.15, 0.2) is 18.2 Å². The molecule has 2 rings (SSSR count). The lowest BCUT2D eigenvalue weighted by Crippen LogP contribution is -2.44. The maximum Gasteiger partial charge on any atom is 0.232 e. The minimum atomic E-state index is -0.767. The fourth-order valence-electron chi connectivity index (χ4n) is 2.62. The summed E-state index contributed by atoms with van der Waals surface area (Å²) in [5.74, 6) is -1.91. The van der Waals surface area contributed by atoms with E-state index in [9.17, 15) is 13.6 Å². The largest absolute Gasteiger partial charge is 0.329 e. The van der Waals surface area contributed by atoms with Gasteiger partial charge in [0.25, 0.3) is 0 Å². The Kier molecular flexibility index (Phi) is 4.14. The number of nitrogens with one attached hydrogen (secondary N) is 1. The maximum absolute atomic E-state index is 13.5. The van der Waals surface area contributed by atoms with E-state index in [0.717, 1.165) is 31.4 Å². The third kappa shape index (κ3) is 2.76. The first-order valence-electron chi connectivity index (χ1n) is 6.55. The number of carbonyl (C=O) groups excluding carboxylic acids is 1. The van der Waals surface area contributed by atoms with E-state index < -0.39 is 17.0 Å². The van der Waals surface area contributed by atoms with Gasteiger partial charge in [0.2, 0.25) is 5.91 Å². The molecule has 0 bridgehead atoms. The SMILES string of the molecule is NCC1(C(=O)Nc2c(F)cccc2F)CCCCC1. The van der Waals surface area contributed by atoms with Gasteiger partial charge in [-0.2, -0.15) is 0 Å². The molecule has 0 radical (unpaired) electrons. The summed E-state index contributed by atoms with van der Waals surface area (Å²) in [6.45, 7) is 0.203. The highest BCUT2D eigenvalue weighted by molar-refractivity contribution is 5.95. The third-order valence-electron chi connectivity index (χ3n) is 3.88. The van der Waals surface area contributed by atoms with E-state index in [1.807, 2.05) is 0 Å². The number of nitrogens with two attached hydrogens (primary N) is 1. The minimum Gasteiger partial charge on any atom is -0.329 e. The molecule has 5 heteroatoms. The molecule has 1 fully saturated rings. The molecule has 1 amide bonds. The highest BCUT2D eigenvalue weighted by atomic mass is 19.1. The molecule has 3 nitrogen and oxygen atoms in total. The lowest BCUT2D eigenvalue weighted by atomic mass is 9.73. The smallest absolute Gasteiger partial charge is 0.232 e. The number of hydrogen-bond donors (Lipinski definition) is 2. The van der Waals surface area contributed by atoms with E-state index in [-0.39, 0.29) is 18.1 Å². The molecule has 1 aromatic rings. The van der Waals surface area contributed by atoms with Crippen molar-refractivity contribution >= 4 is 11.6 Å². The molecule has 1 aromatic carbocycles. The summed E-state index contributed by atoms with van der Waals surface area (Å²) < 4.78 is 27.0. The Morgan fingerprint density at radius 1 is 1.21 bits per heavy atom. The Bertz CT molecular complexity index is 450. The van der Waals surface area contributed by atoms with Crippen LogP contribution in [0.3, 0.4) is 0 Å². The van der Waals surface area contributed by atoms with Gasteiger partial charge in [0, 0.05) is 6.54 Å². The zero-order chi connectivity index (χ0) is 13.9. The van der Waals surface area contributed by atoms with Crippen molar-refractivity contribution in [2.75, 3.05) is 11.9 Å². The van der Waals surface area contributed by atoms with Crippen molar-refractivity contribution in [3.63, 3.8) is 0 Å². The Labute approximate surface area is 111 Å². The van der Waals surface area contributed by atoms with Gasteiger partial charge in [0.15, 0.2) is 0 Å². The molecule has 104 valence electrons. The quantitative estimate of drug-likeness (QED) is 0.885. The van der Waals surface area contributed by atoms with Crippen LogP contribution in [-0.4, -0.2) is 12.5 Å². The summed E-state index contributed by atoms with van der Waals surface area (Å²) in [5.41, 5.74) is 4.65. The van der Waals surface area contributed by atoms with E-state index in [2.05, 4.69) is 5.32 Å². The molecule has 0 heterocycles. The van der Waals surface area contributed by atoms with Gasteiger partial charge in [-0.05, 0) is 25.0 Å². The normalized spacial score (nSPS) is 18.1. The second-order valence-electron chi connectivity index (χ2n) is 5.10. The van der Waals surface area contributed by atoms with Crippen molar-refractivity contribution in [2.45, 2.75) is 32.1 Å². The zero-order valence-corrected chi connectivity index (χ0v) is 10.7. The van der Waals surface area contributed by atoms with E-state index in [1.54, 1.807) is 0 Å². The van der Waals surface area contributed by atoms with Crippen molar-refractivity contribution in [1.82, 2.24) is 0 Å². The van der Waals surface area contributed by atoms with Crippen LogP contribution in [0.2, 0.25) is 0 Å². The molecule has 0 saturated heterocycles. The molecule has 0 unspecified atom stereocenters. The third-order valence-corrected chi connectivity index (χ3v) is 3.88. The van der Waals surface area contributed by atoms with Crippen LogP contribution in [0.25, 0.3) is 0 Å². The molecule has 0 aliphatic heterocycles. The molecule has 1 aliphatic carbocycles. The second kappa shape index (κ2) is 5.65. The summed E-state index contributed by atoms with van der Waals surface area (Å²) in [7, 11) is 0. The number of benzene rings is 1. The lowest BCUT2D eigenvalue weighted by Gasteiger charge is -2.34. The standard InChI is InChI=1S/C14H18F2N2O/c15-10-5-4-6-11(16)12(10)18-13(19)14(9-17)7-2-1-3-8-14/h4-6H,1-3,7-9,17H2,(H,18,19). The number of halogens is 2. The molecule has 0 spiro atoms. The fourth-order valence-corrected chi connectivity index (χ4v) is 2.62. The van der Waals surface area contributed by atoms with Crippen LogP contribution < -0.4 is 11.1 Å². The molecule has 0 aromatic heterocycles. The van der Waals surface area contributed by atoms with E-state index in [4.69, 9.17) is 5.73 Å². The van der Waals surface area contributed by atoms with Gasteiger partial charge in [-0.25, -0.2) is 8.78 Å². The van der Waals surface area contributed by atoms with Crippen LogP contribution in [0.5, 0.6) is 0 Å². The van der Waals surface area contributed by atoms with Crippen LogP contribution >= 0.6 is 0 Å². The number of carbonyl (C=O) groups is 1. The molecule has 19 heavy (non-hydrogen) atoms. The second-order valence-corrected chi connectivity index (χ2v) is 5.10. The minimum absolute atomic E-state index is 0.203. The van der Waals surface area contributed by atoms with Crippen LogP contribution in [0.4, 0.5) is 14.5 Å². The maximum atomic E-state index is 13.5. The average molecular weight is 268 g/mol. The first-order valence-corrected chi connectivity index (χ1v) is 6.55. The van der Waals surface area contributed by atoms with Gasteiger partial charge in [-0.15, -0.1) is 0 Å². The van der Waals surface area contributed by atoms with Crippen molar-refractivity contribution in [3.05, 3.63) is 29.8 Å². The summed E-state index contributed by atoms with van der Waals surface area (Å²) >= 11 is 0. The van der Waals surface area contributed by atoms with Gasteiger partial charge in [0.05, 0.1) is 5.41 Å². The lowest BCUT2D eigenvalue weighted by molar-refractivity contribution is -0.126. The highest BCUT2D eigenvalue weighted by Gasteiger charge is 2.38. The van der Waals surface area contributed by atoms with Crippen LogP contribution in [0.1, 0.15) is 32.1 Å². The van der Waals surface area contributed by atoms with Crippen LogP contribution in [-0.2, 0) is 4.79 Å². The summed E-state index contributed by atoms with van der Waals surface area (Å²) in [4.78, 5) is 12.3. The number of amides is 1. The Balaban J connectivity index is 2.20. The zero-order valence-electron chi connectivity index (χ0n) is 10.7. The first-order chi connectivity index (χ1) is 9.09. The molecule has 0 atom stereocenters. The van der Waals surface area contributed by atoms with E-state index in [1.165, 1.54) is 6.07 Å². The van der Waals surface area contributed by atoms with Crippen molar-refractivity contribution in [1.29, 1.82) is 0 Å². The van der Waals surface area contributed by atoms with E-state index in [0.29, 0.717) is 12.8 Å². The topological polar surface area (TPSA) is 55.1 Å². The molecular formula is C14H18F2N2O. The highest BCUT2D eigenvalue weighted by Crippen LogP contribution is 2.36. The fraction of sp³-hybridized carbons (Fsp3) is 0.500. The molecule has 1 aliphatic rings. The summed E-state index contributed by atoms with van der Waals surface area (Å²) in [6.07, 6.45) is 4.26. The first kappa shape index (κ1) is 13.9. The van der Waals surface area contributed by atoms with Gasteiger partial charge < -0.3 is 11.1 Å². The molecular weight excluding hydrogens is 250 g/mol.